The highest BCUT2D eigenvalue weighted by Crippen LogP contribution is 2.19. The van der Waals surface area contributed by atoms with Crippen LogP contribution in [0.25, 0.3) is 0 Å². The number of nitro groups is 1. The summed E-state index contributed by atoms with van der Waals surface area (Å²) in [5, 5.41) is 13.6. The first-order valence-electron chi connectivity index (χ1n) is 7.65. The average molecular weight is 350 g/mol. The lowest BCUT2D eigenvalue weighted by molar-refractivity contribution is -0.385. The molecule has 1 heterocycles. The van der Waals surface area contributed by atoms with Crippen molar-refractivity contribution in [3.8, 4) is 0 Å². The van der Waals surface area contributed by atoms with E-state index >= 15 is 0 Å². The summed E-state index contributed by atoms with van der Waals surface area (Å²) < 4.78 is 5.08. The van der Waals surface area contributed by atoms with Crippen LogP contribution >= 0.6 is 0 Å². The summed E-state index contributed by atoms with van der Waals surface area (Å²) in [6.45, 7) is 5.59. The third-order valence-corrected chi connectivity index (χ3v) is 2.91. The summed E-state index contributed by atoms with van der Waals surface area (Å²) >= 11 is 0. The van der Waals surface area contributed by atoms with Crippen molar-refractivity contribution in [1.82, 2.24) is 10.3 Å². The molecule has 0 radical (unpaired) electrons. The Morgan fingerprint density at radius 1 is 1.40 bits per heavy atom. The lowest BCUT2D eigenvalue weighted by Crippen LogP contribution is -2.32. The second kappa shape index (κ2) is 8.76. The lowest BCUT2D eigenvalue weighted by Gasteiger charge is -2.19. The second-order valence-electron chi connectivity index (χ2n) is 6.20. The van der Waals surface area contributed by atoms with Gasteiger partial charge in [0.15, 0.2) is 0 Å². The number of primary amides is 1. The van der Waals surface area contributed by atoms with Gasteiger partial charge in [0.05, 0.1) is 10.5 Å². The van der Waals surface area contributed by atoms with E-state index in [1.165, 1.54) is 6.20 Å². The molecule has 1 rings (SSSR count). The third kappa shape index (κ3) is 7.42. The lowest BCUT2D eigenvalue weighted by atomic mass is 10.1. The summed E-state index contributed by atoms with van der Waals surface area (Å²) in [5.74, 6) is -0.768. The zero-order chi connectivity index (χ0) is 19.0. The molecule has 0 spiro atoms. The number of nitrogens with two attached hydrogens (primary N) is 1. The van der Waals surface area contributed by atoms with Gasteiger partial charge in [0.25, 0.3) is 11.6 Å². The van der Waals surface area contributed by atoms with Crippen molar-refractivity contribution in [2.24, 2.45) is 5.73 Å². The molecule has 3 N–H and O–H groups in total. The van der Waals surface area contributed by atoms with Crippen LogP contribution in [0.2, 0.25) is 0 Å². The molecule has 0 atom stereocenters. The van der Waals surface area contributed by atoms with Crippen LogP contribution in [0.4, 0.5) is 10.5 Å². The first-order chi connectivity index (χ1) is 11.6. The number of carbonyl (C=O) groups excluding carboxylic acids is 2. The van der Waals surface area contributed by atoms with Crippen LogP contribution in [-0.4, -0.2) is 34.1 Å². The van der Waals surface area contributed by atoms with Crippen molar-refractivity contribution in [1.29, 1.82) is 0 Å². The standard InChI is InChI=1S/C16H22N4O5/c1-16(2,3)25-15(22)18-8-6-4-5-7-12-13(20(23)24)9-11(10-19-12)14(17)21/h4,6,9-10H,5,7-8H2,1-3H3,(H2,17,21)(H,18,22)/b6-4+. The number of aryl methyl sites for hydroxylation is 1. The van der Waals surface area contributed by atoms with Crippen LogP contribution in [0.15, 0.2) is 24.4 Å². The van der Waals surface area contributed by atoms with Gasteiger partial charge in [0.2, 0.25) is 0 Å². The zero-order valence-electron chi connectivity index (χ0n) is 14.4. The monoisotopic (exact) mass is 350 g/mol. The van der Waals surface area contributed by atoms with E-state index in [2.05, 4.69) is 10.3 Å². The molecule has 1 aromatic rings. The van der Waals surface area contributed by atoms with E-state index in [9.17, 15) is 19.7 Å². The third-order valence-electron chi connectivity index (χ3n) is 2.91. The van der Waals surface area contributed by atoms with Crippen LogP contribution in [0.3, 0.4) is 0 Å². The molecule has 0 aromatic carbocycles. The normalized spacial score (nSPS) is 11.3. The highest BCUT2D eigenvalue weighted by Gasteiger charge is 2.17. The average Bonchev–Trinajstić information content (AvgIpc) is 2.48. The quantitative estimate of drug-likeness (QED) is 0.439. The SMILES string of the molecule is CC(C)(C)OC(=O)NC/C=C/CCc1ncc(C(N)=O)cc1[N+](=O)[O-]. The van der Waals surface area contributed by atoms with Crippen LogP contribution < -0.4 is 11.1 Å². The van der Waals surface area contributed by atoms with Crippen molar-refractivity contribution in [2.45, 2.75) is 39.2 Å². The van der Waals surface area contributed by atoms with E-state index in [1.54, 1.807) is 32.9 Å². The number of nitrogens with one attached hydrogen (secondary N) is 1. The van der Waals surface area contributed by atoms with E-state index in [4.69, 9.17) is 10.5 Å². The van der Waals surface area contributed by atoms with Crippen LogP contribution in [-0.2, 0) is 11.2 Å². The van der Waals surface area contributed by atoms with Crippen molar-refractivity contribution < 1.29 is 19.2 Å². The van der Waals surface area contributed by atoms with Gasteiger partial charge in [0, 0.05) is 25.2 Å². The molecule has 0 unspecified atom stereocenters. The number of amides is 2. The van der Waals surface area contributed by atoms with Crippen molar-refractivity contribution in [3.05, 3.63) is 45.8 Å². The molecular weight excluding hydrogens is 328 g/mol. The van der Waals surface area contributed by atoms with E-state index < -0.39 is 22.5 Å². The Morgan fingerprint density at radius 3 is 2.64 bits per heavy atom. The number of hydrogen-bond donors (Lipinski definition) is 2. The zero-order valence-corrected chi connectivity index (χ0v) is 14.4. The van der Waals surface area contributed by atoms with E-state index in [1.807, 2.05) is 0 Å². The number of rotatable bonds is 7. The van der Waals surface area contributed by atoms with Gasteiger partial charge >= 0.3 is 6.09 Å². The maximum atomic E-state index is 11.4. The summed E-state index contributed by atoms with van der Waals surface area (Å²) in [6.07, 6.45) is 4.99. The minimum Gasteiger partial charge on any atom is -0.444 e. The van der Waals surface area contributed by atoms with Gasteiger partial charge in [-0.2, -0.15) is 0 Å². The summed E-state index contributed by atoms with van der Waals surface area (Å²) in [7, 11) is 0. The Balaban J connectivity index is 2.52. The maximum Gasteiger partial charge on any atom is 0.407 e. The number of alkyl carbamates (subject to hydrolysis) is 1. The van der Waals surface area contributed by atoms with Gasteiger partial charge in [-0.25, -0.2) is 4.79 Å². The largest absolute Gasteiger partial charge is 0.444 e. The molecule has 0 bridgehead atoms. The number of ether oxygens (including phenoxy) is 1. The number of nitrogens with zero attached hydrogens (tertiary/aromatic N) is 2. The van der Waals surface area contributed by atoms with Crippen LogP contribution in [0, 0.1) is 10.1 Å². The van der Waals surface area contributed by atoms with Crippen LogP contribution in [0.1, 0.15) is 43.2 Å². The molecule has 0 aliphatic carbocycles. The molecule has 2 amide bonds. The number of pyridine rings is 1. The van der Waals surface area contributed by atoms with E-state index in [0.29, 0.717) is 12.8 Å². The molecule has 0 aliphatic rings. The van der Waals surface area contributed by atoms with E-state index in [-0.39, 0.29) is 23.5 Å². The first kappa shape index (κ1) is 20.1. The smallest absolute Gasteiger partial charge is 0.407 e. The predicted octanol–water partition coefficient (Wildman–Crippen LogP) is 2.10. The number of hydrogen-bond acceptors (Lipinski definition) is 6. The number of aromatic nitrogens is 1. The van der Waals surface area contributed by atoms with Crippen LogP contribution in [0.5, 0.6) is 0 Å². The van der Waals surface area contributed by atoms with E-state index in [0.717, 1.165) is 6.07 Å². The summed E-state index contributed by atoms with van der Waals surface area (Å²) in [5.41, 5.74) is 4.55. The molecule has 136 valence electrons. The van der Waals surface area contributed by atoms with Gasteiger partial charge < -0.3 is 15.8 Å². The topological polar surface area (TPSA) is 137 Å². The fourth-order valence-electron chi connectivity index (χ4n) is 1.84. The highest BCUT2D eigenvalue weighted by atomic mass is 16.6. The maximum absolute atomic E-state index is 11.4. The molecule has 9 heteroatoms. The Labute approximate surface area is 145 Å². The molecule has 9 nitrogen and oxygen atoms in total. The number of carbonyl (C=O) groups is 2. The summed E-state index contributed by atoms with van der Waals surface area (Å²) in [6, 6.07) is 1.12. The minimum atomic E-state index is -0.768. The van der Waals surface area contributed by atoms with Crippen molar-refractivity contribution >= 4 is 17.7 Å². The minimum absolute atomic E-state index is 0.00690. The highest BCUT2D eigenvalue weighted by molar-refractivity contribution is 5.93. The Bertz CT molecular complexity index is 680. The Kier molecular flexibility index (Phi) is 7.04. The Morgan fingerprint density at radius 2 is 2.08 bits per heavy atom. The first-order valence-corrected chi connectivity index (χ1v) is 7.65. The van der Waals surface area contributed by atoms with Gasteiger partial charge in [0.1, 0.15) is 11.3 Å². The molecule has 0 fully saturated rings. The molecule has 0 saturated carbocycles. The second-order valence-corrected chi connectivity index (χ2v) is 6.20. The van der Waals surface area contributed by atoms with Gasteiger partial charge in [-0.05, 0) is 27.2 Å². The van der Waals surface area contributed by atoms with Gasteiger partial charge in [-0.3, -0.25) is 19.9 Å². The Hall–Kier alpha value is -2.97. The fourth-order valence-corrected chi connectivity index (χ4v) is 1.84. The van der Waals surface area contributed by atoms with Gasteiger partial charge in [-0.15, -0.1) is 0 Å². The molecule has 0 saturated heterocycles. The molecule has 0 aliphatic heterocycles. The molecule has 1 aromatic heterocycles. The van der Waals surface area contributed by atoms with Gasteiger partial charge in [-0.1, -0.05) is 12.2 Å². The fraction of sp³-hybridized carbons (Fsp3) is 0.438. The van der Waals surface area contributed by atoms with Crippen molar-refractivity contribution in [3.63, 3.8) is 0 Å². The van der Waals surface area contributed by atoms with Crippen molar-refractivity contribution in [2.75, 3.05) is 6.54 Å². The molecule has 25 heavy (non-hydrogen) atoms. The number of allylic oxidation sites excluding steroid dienone is 1. The predicted molar refractivity (Wildman–Crippen MR) is 91.1 cm³/mol. The summed E-state index contributed by atoms with van der Waals surface area (Å²) in [4.78, 5) is 36.9. The molecular formula is C16H22N4O5.